The number of hydrogen-bond acceptors (Lipinski definition) is 4. The largest absolute Gasteiger partial charge is 0.467 e. The Morgan fingerprint density at radius 2 is 2.29 bits per heavy atom. The van der Waals surface area contributed by atoms with Crippen molar-refractivity contribution in [3.8, 4) is 0 Å². The maximum Gasteiger partial charge on any atom is 0.328 e. The van der Waals surface area contributed by atoms with E-state index >= 15 is 0 Å². The van der Waals surface area contributed by atoms with E-state index in [0.717, 1.165) is 12.0 Å². The molecule has 17 heavy (non-hydrogen) atoms. The first-order valence-electron chi connectivity index (χ1n) is 5.58. The number of rotatable bonds is 2. The number of hydrogen-bond donors (Lipinski definition) is 0. The van der Waals surface area contributed by atoms with Gasteiger partial charge in [-0.3, -0.25) is 4.79 Å². The van der Waals surface area contributed by atoms with Gasteiger partial charge < -0.3 is 14.1 Å². The highest BCUT2D eigenvalue weighted by Gasteiger charge is 2.36. The molecule has 1 unspecified atom stereocenters. The van der Waals surface area contributed by atoms with Gasteiger partial charge in [0.15, 0.2) is 5.76 Å². The highest BCUT2D eigenvalue weighted by molar-refractivity contribution is 5.96. The Hall–Kier alpha value is -1.78. The maximum absolute atomic E-state index is 12.2. The molecule has 0 bridgehead atoms. The molecule has 0 saturated carbocycles. The molecule has 5 heteroatoms. The molecular weight excluding hydrogens is 222 g/mol. The zero-order valence-electron chi connectivity index (χ0n) is 9.93. The predicted octanol–water partition coefficient (Wildman–Crippen LogP) is 1.37. The van der Waals surface area contributed by atoms with Crippen molar-refractivity contribution in [3.05, 3.63) is 23.7 Å². The Balaban J connectivity index is 2.19. The number of likely N-dealkylation sites (tertiary alicyclic amines) is 1. The molecule has 1 saturated heterocycles. The Morgan fingerprint density at radius 1 is 1.53 bits per heavy atom. The quantitative estimate of drug-likeness (QED) is 0.729. The van der Waals surface area contributed by atoms with Crippen LogP contribution < -0.4 is 0 Å². The van der Waals surface area contributed by atoms with Crippen LogP contribution in [0.3, 0.4) is 0 Å². The minimum atomic E-state index is -0.475. The second-order valence-electron chi connectivity index (χ2n) is 4.11. The van der Waals surface area contributed by atoms with Gasteiger partial charge in [0, 0.05) is 12.1 Å². The normalized spacial score (nSPS) is 19.4. The minimum Gasteiger partial charge on any atom is -0.467 e. The van der Waals surface area contributed by atoms with Crippen LogP contribution in [-0.4, -0.2) is 36.5 Å². The van der Waals surface area contributed by atoms with E-state index in [1.807, 2.05) is 0 Å². The molecule has 1 amide bonds. The van der Waals surface area contributed by atoms with Crippen molar-refractivity contribution in [2.45, 2.75) is 25.8 Å². The van der Waals surface area contributed by atoms with E-state index < -0.39 is 6.04 Å². The number of carbonyl (C=O) groups is 2. The summed E-state index contributed by atoms with van der Waals surface area (Å²) in [5, 5.41) is 0. The molecule has 0 N–H and O–H groups in total. The topological polar surface area (TPSA) is 59.8 Å². The summed E-state index contributed by atoms with van der Waals surface area (Å²) in [6.45, 7) is 2.37. The Morgan fingerprint density at radius 3 is 2.88 bits per heavy atom. The number of carbonyl (C=O) groups excluding carboxylic acids is 2. The summed E-state index contributed by atoms with van der Waals surface area (Å²) in [6.07, 6.45) is 2.94. The van der Waals surface area contributed by atoms with Gasteiger partial charge in [0.05, 0.1) is 13.4 Å². The molecule has 5 nitrogen and oxygen atoms in total. The smallest absolute Gasteiger partial charge is 0.328 e. The van der Waals surface area contributed by atoms with Crippen LogP contribution in [0.5, 0.6) is 0 Å². The second kappa shape index (κ2) is 4.61. The van der Waals surface area contributed by atoms with Gasteiger partial charge in [-0.2, -0.15) is 0 Å². The third-order valence-corrected chi connectivity index (χ3v) is 3.04. The summed E-state index contributed by atoms with van der Waals surface area (Å²) in [6, 6.07) is 1.26. The van der Waals surface area contributed by atoms with Crippen molar-refractivity contribution in [2.24, 2.45) is 0 Å². The van der Waals surface area contributed by atoms with Gasteiger partial charge in [-0.1, -0.05) is 0 Å². The molecule has 1 aromatic rings. The van der Waals surface area contributed by atoms with Crippen molar-refractivity contribution < 1.29 is 18.7 Å². The molecule has 1 aliphatic rings. The Labute approximate surface area is 99.3 Å². The van der Waals surface area contributed by atoms with Crippen LogP contribution in [0.1, 0.15) is 29.0 Å². The second-order valence-corrected chi connectivity index (χ2v) is 4.11. The number of nitrogens with zero attached hydrogens (tertiary/aromatic N) is 1. The molecule has 1 aliphatic heterocycles. The molecule has 0 aliphatic carbocycles. The molecule has 0 spiro atoms. The molecule has 0 aromatic carbocycles. The summed E-state index contributed by atoms with van der Waals surface area (Å²) >= 11 is 0. The first kappa shape index (κ1) is 11.7. The van der Waals surface area contributed by atoms with Gasteiger partial charge >= 0.3 is 5.97 Å². The third kappa shape index (κ3) is 2.05. The van der Waals surface area contributed by atoms with E-state index in [1.54, 1.807) is 13.0 Å². The van der Waals surface area contributed by atoms with E-state index in [9.17, 15) is 9.59 Å². The lowest BCUT2D eigenvalue weighted by Crippen LogP contribution is -2.41. The van der Waals surface area contributed by atoms with E-state index in [1.165, 1.54) is 18.3 Å². The molecule has 2 heterocycles. The standard InChI is InChI=1S/C12H15NO4/c1-8-5-7-17-10(8)11(14)13-6-3-4-9(13)12(15)16-2/h5,7,9H,3-4,6H2,1-2H3. The van der Waals surface area contributed by atoms with Crippen LogP contribution in [0.15, 0.2) is 16.7 Å². The SMILES string of the molecule is COC(=O)C1CCCN1C(=O)c1occc1C. The summed E-state index contributed by atoms with van der Waals surface area (Å²) < 4.78 is 9.86. The van der Waals surface area contributed by atoms with Crippen LogP contribution in [0.25, 0.3) is 0 Å². The van der Waals surface area contributed by atoms with Crippen LogP contribution >= 0.6 is 0 Å². The van der Waals surface area contributed by atoms with E-state index in [-0.39, 0.29) is 11.9 Å². The van der Waals surface area contributed by atoms with E-state index in [2.05, 4.69) is 0 Å². The molecule has 1 aromatic heterocycles. The number of amides is 1. The highest BCUT2D eigenvalue weighted by atomic mass is 16.5. The zero-order chi connectivity index (χ0) is 12.4. The molecule has 1 atom stereocenters. The van der Waals surface area contributed by atoms with Crippen molar-refractivity contribution in [3.63, 3.8) is 0 Å². The van der Waals surface area contributed by atoms with Gasteiger partial charge in [-0.05, 0) is 25.8 Å². The number of furan rings is 1. The Kier molecular flexibility index (Phi) is 3.17. The third-order valence-electron chi connectivity index (χ3n) is 3.04. The first-order valence-corrected chi connectivity index (χ1v) is 5.58. The summed E-state index contributed by atoms with van der Waals surface area (Å²) in [5.41, 5.74) is 0.783. The molecular formula is C12H15NO4. The van der Waals surface area contributed by atoms with Crippen LogP contribution in [0, 0.1) is 6.92 Å². The van der Waals surface area contributed by atoms with Crippen molar-refractivity contribution >= 4 is 11.9 Å². The monoisotopic (exact) mass is 237 g/mol. The minimum absolute atomic E-state index is 0.236. The van der Waals surface area contributed by atoms with Crippen LogP contribution in [-0.2, 0) is 9.53 Å². The summed E-state index contributed by atoms with van der Waals surface area (Å²) in [5.74, 6) is -0.290. The summed E-state index contributed by atoms with van der Waals surface area (Å²) in [7, 11) is 1.33. The van der Waals surface area contributed by atoms with E-state index in [0.29, 0.717) is 18.7 Å². The molecule has 92 valence electrons. The fraction of sp³-hybridized carbons (Fsp3) is 0.500. The molecule has 1 fully saturated rings. The van der Waals surface area contributed by atoms with Gasteiger partial charge in [0.25, 0.3) is 5.91 Å². The van der Waals surface area contributed by atoms with Gasteiger partial charge in [-0.25, -0.2) is 4.79 Å². The highest BCUT2D eigenvalue weighted by Crippen LogP contribution is 2.22. The van der Waals surface area contributed by atoms with Crippen molar-refractivity contribution in [2.75, 3.05) is 13.7 Å². The molecule has 2 rings (SSSR count). The number of aryl methyl sites for hydroxylation is 1. The number of ether oxygens (including phenoxy) is 1. The van der Waals surface area contributed by atoms with Crippen LogP contribution in [0.2, 0.25) is 0 Å². The van der Waals surface area contributed by atoms with E-state index in [4.69, 9.17) is 9.15 Å². The summed E-state index contributed by atoms with van der Waals surface area (Å²) in [4.78, 5) is 25.2. The fourth-order valence-electron chi connectivity index (χ4n) is 2.11. The maximum atomic E-state index is 12.2. The van der Waals surface area contributed by atoms with Gasteiger partial charge in [0.1, 0.15) is 6.04 Å². The lowest BCUT2D eigenvalue weighted by Gasteiger charge is -2.21. The number of esters is 1. The molecule has 0 radical (unpaired) electrons. The lowest BCUT2D eigenvalue weighted by molar-refractivity contribution is -0.145. The average Bonchev–Trinajstić information content (AvgIpc) is 2.95. The predicted molar refractivity (Wildman–Crippen MR) is 59.5 cm³/mol. The Bertz CT molecular complexity index is 437. The van der Waals surface area contributed by atoms with Crippen LogP contribution in [0.4, 0.5) is 0 Å². The van der Waals surface area contributed by atoms with Crippen molar-refractivity contribution in [1.82, 2.24) is 4.90 Å². The van der Waals surface area contributed by atoms with Gasteiger partial charge in [0.2, 0.25) is 0 Å². The lowest BCUT2D eigenvalue weighted by atomic mass is 10.2. The average molecular weight is 237 g/mol. The zero-order valence-corrected chi connectivity index (χ0v) is 9.93. The first-order chi connectivity index (χ1) is 8.15. The fourth-order valence-corrected chi connectivity index (χ4v) is 2.11. The number of methoxy groups -OCH3 is 1. The van der Waals surface area contributed by atoms with Gasteiger partial charge in [-0.15, -0.1) is 0 Å². The van der Waals surface area contributed by atoms with Crippen molar-refractivity contribution in [1.29, 1.82) is 0 Å².